The summed E-state index contributed by atoms with van der Waals surface area (Å²) in [5, 5.41) is 0. The van der Waals surface area contributed by atoms with Gasteiger partial charge in [0.15, 0.2) is 0 Å². The Hall–Kier alpha value is -0.720. The summed E-state index contributed by atoms with van der Waals surface area (Å²) in [6.45, 7) is 8.69. The predicted octanol–water partition coefficient (Wildman–Crippen LogP) is 3.28. The number of ether oxygens (including phenoxy) is 1. The Labute approximate surface area is 69.8 Å². The van der Waals surface area contributed by atoms with E-state index in [2.05, 4.69) is 13.5 Å². The molecule has 0 aliphatic rings. The normalized spacial score (nSPS) is 10.4. The summed E-state index contributed by atoms with van der Waals surface area (Å²) in [5.74, 6) is 0. The molecule has 0 rings (SSSR count). The SMILES string of the molecule is C=C(C)C=COCCCCC. The van der Waals surface area contributed by atoms with Crippen molar-refractivity contribution in [3.8, 4) is 0 Å². The summed E-state index contributed by atoms with van der Waals surface area (Å²) < 4.78 is 5.21. The minimum atomic E-state index is 0.831. The van der Waals surface area contributed by atoms with Gasteiger partial charge in [0.25, 0.3) is 0 Å². The maximum Gasteiger partial charge on any atom is 0.0873 e. The van der Waals surface area contributed by atoms with Gasteiger partial charge in [-0.1, -0.05) is 31.9 Å². The van der Waals surface area contributed by atoms with E-state index in [-0.39, 0.29) is 0 Å². The number of hydrogen-bond donors (Lipinski definition) is 0. The third-order valence-corrected chi connectivity index (χ3v) is 1.31. The molecule has 0 N–H and O–H groups in total. The molecule has 0 aromatic heterocycles. The van der Waals surface area contributed by atoms with Crippen molar-refractivity contribution in [2.45, 2.75) is 33.1 Å². The third-order valence-electron chi connectivity index (χ3n) is 1.31. The lowest BCUT2D eigenvalue weighted by atomic mass is 10.3. The molecule has 0 fully saturated rings. The van der Waals surface area contributed by atoms with Crippen LogP contribution in [-0.4, -0.2) is 6.61 Å². The summed E-state index contributed by atoms with van der Waals surface area (Å²) in [5.41, 5.74) is 1.03. The lowest BCUT2D eigenvalue weighted by Gasteiger charge is -1.98. The van der Waals surface area contributed by atoms with Crippen LogP contribution in [0.25, 0.3) is 0 Å². The molecule has 0 aromatic rings. The van der Waals surface area contributed by atoms with Crippen LogP contribution in [0.5, 0.6) is 0 Å². The first-order chi connectivity index (χ1) is 5.27. The summed E-state index contributed by atoms with van der Waals surface area (Å²) in [4.78, 5) is 0. The molecule has 11 heavy (non-hydrogen) atoms. The molecular weight excluding hydrogens is 136 g/mol. The summed E-state index contributed by atoms with van der Waals surface area (Å²) >= 11 is 0. The van der Waals surface area contributed by atoms with Gasteiger partial charge >= 0.3 is 0 Å². The van der Waals surface area contributed by atoms with Crippen LogP contribution in [-0.2, 0) is 4.74 Å². The quantitative estimate of drug-likeness (QED) is 0.324. The zero-order valence-corrected chi connectivity index (χ0v) is 7.60. The second-order valence-electron chi connectivity index (χ2n) is 2.73. The van der Waals surface area contributed by atoms with E-state index in [1.165, 1.54) is 12.8 Å². The third kappa shape index (κ3) is 9.28. The van der Waals surface area contributed by atoms with Gasteiger partial charge in [0.1, 0.15) is 0 Å². The Morgan fingerprint density at radius 3 is 2.73 bits per heavy atom. The molecule has 0 radical (unpaired) electrons. The lowest BCUT2D eigenvalue weighted by molar-refractivity contribution is 0.241. The molecule has 0 atom stereocenters. The van der Waals surface area contributed by atoms with Crippen LogP contribution < -0.4 is 0 Å². The van der Waals surface area contributed by atoms with Gasteiger partial charge in [0.05, 0.1) is 12.9 Å². The van der Waals surface area contributed by atoms with Crippen molar-refractivity contribution in [3.05, 3.63) is 24.5 Å². The number of unbranched alkanes of at least 4 members (excludes halogenated alkanes) is 2. The Bertz CT molecular complexity index is 125. The maximum absolute atomic E-state index is 5.21. The van der Waals surface area contributed by atoms with Crippen LogP contribution in [0.4, 0.5) is 0 Å². The van der Waals surface area contributed by atoms with Gasteiger partial charge < -0.3 is 4.74 Å². The van der Waals surface area contributed by atoms with E-state index >= 15 is 0 Å². The highest BCUT2D eigenvalue weighted by Gasteiger charge is 1.82. The molecule has 1 heteroatoms. The van der Waals surface area contributed by atoms with Gasteiger partial charge in [-0.05, 0) is 19.4 Å². The highest BCUT2D eigenvalue weighted by Crippen LogP contribution is 1.95. The molecule has 0 spiro atoms. The van der Waals surface area contributed by atoms with Crippen LogP contribution in [0.15, 0.2) is 24.5 Å². The van der Waals surface area contributed by atoms with Gasteiger partial charge in [0.2, 0.25) is 0 Å². The van der Waals surface area contributed by atoms with Crippen molar-refractivity contribution in [1.29, 1.82) is 0 Å². The van der Waals surface area contributed by atoms with Gasteiger partial charge in [0, 0.05) is 0 Å². The number of hydrogen-bond acceptors (Lipinski definition) is 1. The van der Waals surface area contributed by atoms with E-state index in [1.54, 1.807) is 6.26 Å². The number of allylic oxidation sites excluding steroid dienone is 2. The molecular formula is C10H18O. The Morgan fingerprint density at radius 2 is 2.18 bits per heavy atom. The molecule has 0 heterocycles. The molecule has 1 nitrogen and oxygen atoms in total. The fraction of sp³-hybridized carbons (Fsp3) is 0.600. The first-order valence-electron chi connectivity index (χ1n) is 4.21. The summed E-state index contributed by atoms with van der Waals surface area (Å²) in [6, 6.07) is 0. The zero-order chi connectivity index (χ0) is 8.53. The predicted molar refractivity (Wildman–Crippen MR) is 49.4 cm³/mol. The van der Waals surface area contributed by atoms with E-state index in [4.69, 9.17) is 4.74 Å². The first kappa shape index (κ1) is 10.3. The van der Waals surface area contributed by atoms with Gasteiger partial charge in [-0.15, -0.1) is 0 Å². The molecule has 0 aromatic carbocycles. The van der Waals surface area contributed by atoms with E-state index < -0.39 is 0 Å². The molecule has 0 aliphatic carbocycles. The van der Waals surface area contributed by atoms with E-state index in [9.17, 15) is 0 Å². The van der Waals surface area contributed by atoms with Gasteiger partial charge in [-0.3, -0.25) is 0 Å². The maximum atomic E-state index is 5.21. The standard InChI is InChI=1S/C10H18O/c1-4-5-6-8-11-9-7-10(2)3/h7,9H,2,4-6,8H2,1,3H3. The van der Waals surface area contributed by atoms with Crippen LogP contribution in [0.1, 0.15) is 33.1 Å². The highest BCUT2D eigenvalue weighted by molar-refractivity contribution is 5.08. The second-order valence-corrected chi connectivity index (χ2v) is 2.73. The Balaban J connectivity index is 3.07. The van der Waals surface area contributed by atoms with E-state index in [1.807, 2.05) is 13.0 Å². The van der Waals surface area contributed by atoms with Crippen molar-refractivity contribution in [1.82, 2.24) is 0 Å². The fourth-order valence-electron chi connectivity index (χ4n) is 0.668. The molecule has 0 unspecified atom stereocenters. The van der Waals surface area contributed by atoms with Crippen LogP contribution in [0.3, 0.4) is 0 Å². The smallest absolute Gasteiger partial charge is 0.0873 e. The highest BCUT2D eigenvalue weighted by atomic mass is 16.5. The second kappa shape index (κ2) is 7.39. The Kier molecular flexibility index (Phi) is 6.90. The average Bonchev–Trinajstić information content (AvgIpc) is 1.96. The lowest BCUT2D eigenvalue weighted by Crippen LogP contribution is -1.86. The van der Waals surface area contributed by atoms with E-state index in [0.717, 1.165) is 18.6 Å². The molecule has 0 amide bonds. The minimum Gasteiger partial charge on any atom is -0.501 e. The van der Waals surface area contributed by atoms with Crippen molar-refractivity contribution in [2.24, 2.45) is 0 Å². The topological polar surface area (TPSA) is 9.23 Å². The van der Waals surface area contributed by atoms with Crippen LogP contribution >= 0.6 is 0 Å². The first-order valence-corrected chi connectivity index (χ1v) is 4.21. The summed E-state index contributed by atoms with van der Waals surface area (Å²) in [6.07, 6.45) is 7.25. The molecule has 0 saturated heterocycles. The molecule has 64 valence electrons. The van der Waals surface area contributed by atoms with Crippen LogP contribution in [0.2, 0.25) is 0 Å². The monoisotopic (exact) mass is 154 g/mol. The summed E-state index contributed by atoms with van der Waals surface area (Å²) in [7, 11) is 0. The van der Waals surface area contributed by atoms with Gasteiger partial charge in [-0.2, -0.15) is 0 Å². The average molecular weight is 154 g/mol. The molecule has 0 aliphatic heterocycles. The van der Waals surface area contributed by atoms with Crippen molar-refractivity contribution in [3.63, 3.8) is 0 Å². The van der Waals surface area contributed by atoms with Crippen molar-refractivity contribution in [2.75, 3.05) is 6.61 Å². The van der Waals surface area contributed by atoms with Crippen LogP contribution in [0, 0.1) is 0 Å². The largest absolute Gasteiger partial charge is 0.501 e. The Morgan fingerprint density at radius 1 is 1.45 bits per heavy atom. The van der Waals surface area contributed by atoms with E-state index in [0.29, 0.717) is 0 Å². The fourth-order valence-corrected chi connectivity index (χ4v) is 0.668. The minimum absolute atomic E-state index is 0.831. The molecule has 0 bridgehead atoms. The molecule has 0 saturated carbocycles. The van der Waals surface area contributed by atoms with Crippen molar-refractivity contribution < 1.29 is 4.74 Å². The van der Waals surface area contributed by atoms with Crippen molar-refractivity contribution >= 4 is 0 Å². The van der Waals surface area contributed by atoms with Gasteiger partial charge in [-0.25, -0.2) is 0 Å². The zero-order valence-electron chi connectivity index (χ0n) is 7.60. The number of rotatable bonds is 6.